The molecule has 0 aromatic rings. The largest absolute Gasteiger partial charge is 0.384 e. The van der Waals surface area contributed by atoms with Crippen molar-refractivity contribution >= 4 is 9.84 Å². The lowest BCUT2D eigenvalue weighted by atomic mass is 10.4. The van der Waals surface area contributed by atoms with Gasteiger partial charge in [-0.15, -0.1) is 0 Å². The third-order valence-corrected chi connectivity index (χ3v) is 3.17. The van der Waals surface area contributed by atoms with Gasteiger partial charge in [-0.05, 0) is 0 Å². The zero-order valence-electron chi connectivity index (χ0n) is 8.02. The molecule has 2 N–H and O–H groups in total. The summed E-state index contributed by atoms with van der Waals surface area (Å²) in [5.74, 6) is -0.0366. The Morgan fingerprint density at radius 1 is 1.31 bits per heavy atom. The second-order valence-electron chi connectivity index (χ2n) is 2.82. The Bertz CT molecular complexity index is 215. The molecular weight excluding hydrogens is 194 g/mol. The van der Waals surface area contributed by atoms with Gasteiger partial charge in [0.2, 0.25) is 0 Å². The molecule has 0 aromatic carbocycles. The molecule has 0 amide bonds. The maximum Gasteiger partial charge on any atom is 0.154 e. The molecule has 1 unspecified atom stereocenters. The van der Waals surface area contributed by atoms with Crippen LogP contribution in [-0.2, 0) is 19.3 Å². The van der Waals surface area contributed by atoms with Crippen LogP contribution < -0.4 is 5.73 Å². The molecule has 0 spiro atoms. The van der Waals surface area contributed by atoms with E-state index in [1.165, 1.54) is 14.2 Å². The molecule has 0 radical (unpaired) electrons. The van der Waals surface area contributed by atoms with Gasteiger partial charge in [0.05, 0.1) is 24.7 Å². The van der Waals surface area contributed by atoms with Gasteiger partial charge in [-0.1, -0.05) is 0 Å². The summed E-state index contributed by atoms with van der Waals surface area (Å²) in [5, 5.41) is 0. The molecule has 6 heteroatoms. The number of hydrogen-bond donors (Lipinski definition) is 1. The highest BCUT2D eigenvalue weighted by atomic mass is 32.2. The van der Waals surface area contributed by atoms with Crippen LogP contribution in [0.4, 0.5) is 0 Å². The molecule has 0 aliphatic rings. The number of hydrogen-bond acceptors (Lipinski definition) is 5. The molecule has 0 aliphatic carbocycles. The van der Waals surface area contributed by atoms with Crippen molar-refractivity contribution in [1.29, 1.82) is 0 Å². The zero-order valence-corrected chi connectivity index (χ0v) is 8.84. The van der Waals surface area contributed by atoms with Crippen molar-refractivity contribution in [1.82, 2.24) is 0 Å². The van der Waals surface area contributed by atoms with E-state index in [-0.39, 0.29) is 24.7 Å². The Kier molecular flexibility index (Phi) is 6.23. The van der Waals surface area contributed by atoms with Crippen LogP contribution in [-0.4, -0.2) is 53.4 Å². The van der Waals surface area contributed by atoms with Crippen LogP contribution in [0.25, 0.3) is 0 Å². The van der Waals surface area contributed by atoms with Crippen molar-refractivity contribution in [3.05, 3.63) is 0 Å². The van der Waals surface area contributed by atoms with Gasteiger partial charge in [-0.25, -0.2) is 8.42 Å². The average Bonchev–Trinajstić information content (AvgIpc) is 2.00. The molecule has 0 rings (SSSR count). The van der Waals surface area contributed by atoms with E-state index < -0.39 is 15.9 Å². The summed E-state index contributed by atoms with van der Waals surface area (Å²) in [6.45, 7) is 0.467. The first-order chi connectivity index (χ1) is 6.02. The van der Waals surface area contributed by atoms with Crippen LogP contribution >= 0.6 is 0 Å². The molecule has 80 valence electrons. The van der Waals surface area contributed by atoms with Crippen molar-refractivity contribution in [3.8, 4) is 0 Å². The Labute approximate surface area is 79.1 Å². The van der Waals surface area contributed by atoms with Gasteiger partial charge in [-0.2, -0.15) is 0 Å². The van der Waals surface area contributed by atoms with Gasteiger partial charge in [0, 0.05) is 20.3 Å². The number of nitrogens with two attached hydrogens (primary N) is 1. The zero-order chi connectivity index (χ0) is 10.3. The summed E-state index contributed by atoms with van der Waals surface area (Å²) in [6.07, 6.45) is 0. The Hall–Kier alpha value is -0.170. The molecule has 0 fully saturated rings. The molecular formula is C7H17NO4S. The number of ether oxygens (including phenoxy) is 2. The predicted octanol–water partition coefficient (Wildman–Crippen LogP) is -0.979. The summed E-state index contributed by atoms with van der Waals surface area (Å²) in [4.78, 5) is 0. The van der Waals surface area contributed by atoms with Crippen LogP contribution in [0.2, 0.25) is 0 Å². The van der Waals surface area contributed by atoms with E-state index in [0.29, 0.717) is 0 Å². The molecule has 0 bridgehead atoms. The number of methoxy groups -OCH3 is 2. The van der Waals surface area contributed by atoms with Gasteiger partial charge in [-0.3, -0.25) is 0 Å². The normalized spacial score (nSPS) is 14.4. The van der Waals surface area contributed by atoms with Crippen LogP contribution in [0.1, 0.15) is 0 Å². The molecule has 0 aromatic heterocycles. The number of sulfone groups is 1. The van der Waals surface area contributed by atoms with Crippen molar-refractivity contribution in [2.75, 3.05) is 38.9 Å². The first kappa shape index (κ1) is 12.8. The molecule has 5 nitrogen and oxygen atoms in total. The Morgan fingerprint density at radius 2 is 1.92 bits per heavy atom. The summed E-state index contributed by atoms with van der Waals surface area (Å²) in [7, 11) is -0.145. The van der Waals surface area contributed by atoms with Crippen LogP contribution in [0.5, 0.6) is 0 Å². The van der Waals surface area contributed by atoms with Crippen molar-refractivity contribution < 1.29 is 17.9 Å². The molecule has 0 saturated heterocycles. The lowest BCUT2D eigenvalue weighted by Gasteiger charge is -2.10. The third-order valence-electron chi connectivity index (χ3n) is 1.45. The summed E-state index contributed by atoms with van der Waals surface area (Å²) < 4.78 is 31.9. The summed E-state index contributed by atoms with van der Waals surface area (Å²) in [5.41, 5.74) is 5.50. The molecule has 1 atom stereocenters. The average molecular weight is 211 g/mol. The fourth-order valence-corrected chi connectivity index (χ4v) is 2.22. The summed E-state index contributed by atoms with van der Waals surface area (Å²) in [6, 6.07) is -0.452. The van der Waals surface area contributed by atoms with E-state index in [2.05, 4.69) is 4.74 Å². The van der Waals surface area contributed by atoms with E-state index in [0.717, 1.165) is 0 Å². The maximum absolute atomic E-state index is 11.3. The molecule has 13 heavy (non-hydrogen) atoms. The van der Waals surface area contributed by atoms with E-state index in [1.54, 1.807) is 0 Å². The third kappa shape index (κ3) is 6.94. The minimum absolute atomic E-state index is 0.0148. The first-order valence-corrected chi connectivity index (χ1v) is 5.78. The van der Waals surface area contributed by atoms with E-state index >= 15 is 0 Å². The lowest BCUT2D eigenvalue weighted by Crippen LogP contribution is -2.35. The standard InChI is InChI=1S/C7H17NO4S/c1-11-3-4-13(9,10)6-7(8)5-12-2/h7H,3-6,8H2,1-2H3. The maximum atomic E-state index is 11.3. The highest BCUT2D eigenvalue weighted by Crippen LogP contribution is 1.94. The van der Waals surface area contributed by atoms with Gasteiger partial charge in [0.15, 0.2) is 9.84 Å². The van der Waals surface area contributed by atoms with Crippen molar-refractivity contribution in [2.45, 2.75) is 6.04 Å². The smallest absolute Gasteiger partial charge is 0.154 e. The monoisotopic (exact) mass is 211 g/mol. The Balaban J connectivity index is 3.87. The van der Waals surface area contributed by atoms with E-state index in [1.807, 2.05) is 0 Å². The molecule has 0 saturated carbocycles. The molecule has 0 aliphatic heterocycles. The minimum atomic E-state index is -3.10. The topological polar surface area (TPSA) is 78.6 Å². The van der Waals surface area contributed by atoms with Crippen molar-refractivity contribution in [2.24, 2.45) is 5.73 Å². The van der Waals surface area contributed by atoms with Crippen LogP contribution in [0, 0.1) is 0 Å². The predicted molar refractivity (Wildman–Crippen MR) is 50.4 cm³/mol. The minimum Gasteiger partial charge on any atom is -0.384 e. The lowest BCUT2D eigenvalue weighted by molar-refractivity contribution is 0.185. The fraction of sp³-hybridized carbons (Fsp3) is 1.00. The van der Waals surface area contributed by atoms with Crippen LogP contribution in [0.3, 0.4) is 0 Å². The van der Waals surface area contributed by atoms with E-state index in [9.17, 15) is 8.42 Å². The SMILES string of the molecule is COCCS(=O)(=O)CC(N)COC. The fourth-order valence-electron chi connectivity index (χ4n) is 0.882. The number of rotatable bonds is 7. The van der Waals surface area contributed by atoms with Gasteiger partial charge in [0.25, 0.3) is 0 Å². The second-order valence-corrected chi connectivity index (χ2v) is 5.05. The highest BCUT2D eigenvalue weighted by Gasteiger charge is 2.15. The summed E-state index contributed by atoms with van der Waals surface area (Å²) >= 11 is 0. The van der Waals surface area contributed by atoms with Gasteiger partial charge in [0.1, 0.15) is 0 Å². The highest BCUT2D eigenvalue weighted by molar-refractivity contribution is 7.91. The van der Waals surface area contributed by atoms with Gasteiger partial charge >= 0.3 is 0 Å². The van der Waals surface area contributed by atoms with E-state index in [4.69, 9.17) is 10.5 Å². The Morgan fingerprint density at radius 3 is 2.38 bits per heavy atom. The first-order valence-electron chi connectivity index (χ1n) is 3.95. The van der Waals surface area contributed by atoms with Crippen molar-refractivity contribution in [3.63, 3.8) is 0 Å². The van der Waals surface area contributed by atoms with Crippen LogP contribution in [0.15, 0.2) is 0 Å². The quantitative estimate of drug-likeness (QED) is 0.585. The molecule has 0 heterocycles. The second kappa shape index (κ2) is 6.31. The van der Waals surface area contributed by atoms with Gasteiger partial charge < -0.3 is 15.2 Å².